The van der Waals surface area contributed by atoms with Gasteiger partial charge in [-0.2, -0.15) is 0 Å². The molecule has 0 aliphatic heterocycles. The van der Waals surface area contributed by atoms with Gasteiger partial charge in [0.05, 0.1) is 10.6 Å². The van der Waals surface area contributed by atoms with E-state index in [1.54, 1.807) is 30.3 Å². The van der Waals surface area contributed by atoms with Crippen LogP contribution in [0.1, 0.15) is 37.0 Å². The van der Waals surface area contributed by atoms with Crippen molar-refractivity contribution < 1.29 is 18.0 Å². The number of sulfonamides is 1. The summed E-state index contributed by atoms with van der Waals surface area (Å²) in [7, 11) is -4.20. The molecule has 1 N–H and O–H groups in total. The van der Waals surface area contributed by atoms with Gasteiger partial charge in [-0.05, 0) is 73.9 Å². The number of nitrogens with one attached hydrogen (secondary N) is 1. The van der Waals surface area contributed by atoms with Crippen molar-refractivity contribution in [2.75, 3.05) is 10.8 Å². The van der Waals surface area contributed by atoms with E-state index in [4.69, 9.17) is 11.6 Å². The quantitative estimate of drug-likeness (QED) is 0.160. The molecule has 45 heavy (non-hydrogen) atoms. The normalized spacial score (nSPS) is 12.6. The number of anilines is 1. The van der Waals surface area contributed by atoms with Crippen molar-refractivity contribution in [1.82, 2.24) is 10.2 Å². The van der Waals surface area contributed by atoms with Gasteiger partial charge in [-0.1, -0.05) is 101 Å². The van der Waals surface area contributed by atoms with Gasteiger partial charge in [-0.15, -0.1) is 0 Å². The van der Waals surface area contributed by atoms with Crippen LogP contribution in [-0.2, 0) is 32.6 Å². The van der Waals surface area contributed by atoms with E-state index in [1.165, 1.54) is 23.1 Å². The molecule has 7 nitrogen and oxygen atoms in total. The van der Waals surface area contributed by atoms with Crippen molar-refractivity contribution in [2.24, 2.45) is 0 Å². The molecule has 236 valence electrons. The van der Waals surface area contributed by atoms with E-state index in [-0.39, 0.29) is 35.5 Å². The number of aryl methyl sites for hydroxylation is 1. The third-order valence-corrected chi connectivity index (χ3v) is 10.1. The van der Waals surface area contributed by atoms with E-state index in [1.807, 2.05) is 75.4 Å². The zero-order valence-electron chi connectivity index (χ0n) is 25.5. The largest absolute Gasteiger partial charge is 0.352 e. The predicted molar refractivity (Wildman–Crippen MR) is 184 cm³/mol. The Morgan fingerprint density at radius 3 is 2.18 bits per heavy atom. The van der Waals surface area contributed by atoms with Crippen molar-refractivity contribution >= 4 is 55.1 Å². The smallest absolute Gasteiger partial charge is 0.264 e. The van der Waals surface area contributed by atoms with Crippen LogP contribution in [0.2, 0.25) is 5.02 Å². The molecule has 4 rings (SSSR count). The lowest BCUT2D eigenvalue weighted by Gasteiger charge is -2.34. The van der Waals surface area contributed by atoms with E-state index in [9.17, 15) is 18.0 Å². The number of nitrogens with zero attached hydrogens (tertiary/aromatic N) is 2. The Bertz CT molecular complexity index is 1700. The zero-order chi connectivity index (χ0) is 32.6. The third-order valence-electron chi connectivity index (χ3n) is 7.52. The first-order chi connectivity index (χ1) is 21.5. The lowest BCUT2D eigenvalue weighted by Crippen LogP contribution is -2.54. The van der Waals surface area contributed by atoms with Gasteiger partial charge in [-0.25, -0.2) is 8.42 Å². The summed E-state index contributed by atoms with van der Waals surface area (Å²) in [5.74, 6) is -0.844. The van der Waals surface area contributed by atoms with E-state index >= 15 is 0 Å². The zero-order valence-corrected chi connectivity index (χ0v) is 28.6. The van der Waals surface area contributed by atoms with Crippen molar-refractivity contribution in [3.8, 4) is 0 Å². The minimum Gasteiger partial charge on any atom is -0.352 e. The maximum Gasteiger partial charge on any atom is 0.264 e. The van der Waals surface area contributed by atoms with Crippen molar-refractivity contribution in [3.05, 3.63) is 129 Å². The van der Waals surface area contributed by atoms with Gasteiger partial charge in [0.2, 0.25) is 11.8 Å². The highest BCUT2D eigenvalue weighted by Crippen LogP contribution is 2.27. The van der Waals surface area contributed by atoms with Crippen molar-refractivity contribution in [2.45, 2.75) is 57.1 Å². The first-order valence-corrected chi connectivity index (χ1v) is 17.3. The number of hydrogen-bond donors (Lipinski definition) is 1. The predicted octanol–water partition coefficient (Wildman–Crippen LogP) is 7.16. The molecule has 0 saturated heterocycles. The molecule has 0 aromatic heterocycles. The highest BCUT2D eigenvalue weighted by molar-refractivity contribution is 9.10. The molecule has 0 aliphatic carbocycles. The molecule has 0 radical (unpaired) electrons. The number of carbonyl (C=O) groups is 2. The fourth-order valence-electron chi connectivity index (χ4n) is 4.78. The second-order valence-corrected chi connectivity index (χ2v) is 14.2. The summed E-state index contributed by atoms with van der Waals surface area (Å²) in [4.78, 5) is 29.9. The number of benzene rings is 4. The summed E-state index contributed by atoms with van der Waals surface area (Å²) in [5.41, 5.74) is 2.80. The summed E-state index contributed by atoms with van der Waals surface area (Å²) >= 11 is 9.75. The number of carbonyl (C=O) groups excluding carboxylic acids is 2. The van der Waals surface area contributed by atoms with Gasteiger partial charge in [-0.3, -0.25) is 13.9 Å². The average molecular weight is 711 g/mol. The van der Waals surface area contributed by atoms with Gasteiger partial charge in [0.25, 0.3) is 10.0 Å². The highest BCUT2D eigenvalue weighted by atomic mass is 79.9. The molecule has 2 amide bonds. The SMILES string of the molecule is CC[C@H](C)NC(=O)[C@H](Cc1ccccc1)N(Cc1ccc(Br)cc1)C(=O)CN(c1cccc(Cl)c1)S(=O)(=O)c1ccc(C)cc1. The lowest BCUT2D eigenvalue weighted by atomic mass is 10.0. The van der Waals surface area contributed by atoms with E-state index in [2.05, 4.69) is 21.2 Å². The minimum atomic E-state index is -4.20. The minimum absolute atomic E-state index is 0.0377. The van der Waals surface area contributed by atoms with Gasteiger partial charge in [0.15, 0.2) is 0 Å². The van der Waals surface area contributed by atoms with Gasteiger partial charge < -0.3 is 10.2 Å². The maximum atomic E-state index is 14.5. The molecule has 10 heteroatoms. The molecule has 0 unspecified atom stereocenters. The van der Waals surface area contributed by atoms with Crippen LogP contribution in [0, 0.1) is 6.92 Å². The van der Waals surface area contributed by atoms with Crippen LogP contribution in [0.4, 0.5) is 5.69 Å². The molecule has 0 bridgehead atoms. The third kappa shape index (κ3) is 9.19. The monoisotopic (exact) mass is 709 g/mol. The summed E-state index contributed by atoms with van der Waals surface area (Å²) in [6.45, 7) is 5.29. The number of amides is 2. The van der Waals surface area contributed by atoms with E-state index in [0.717, 1.165) is 25.5 Å². The molecule has 2 atom stereocenters. The van der Waals surface area contributed by atoms with Crippen LogP contribution in [0.5, 0.6) is 0 Å². The number of hydrogen-bond acceptors (Lipinski definition) is 4. The average Bonchev–Trinajstić information content (AvgIpc) is 3.02. The molecule has 4 aromatic rings. The topological polar surface area (TPSA) is 86.8 Å². The van der Waals surface area contributed by atoms with Crippen LogP contribution < -0.4 is 9.62 Å². The van der Waals surface area contributed by atoms with Gasteiger partial charge in [0.1, 0.15) is 12.6 Å². The Hall–Kier alpha value is -3.66. The molecule has 4 aromatic carbocycles. The fraction of sp³-hybridized carbons (Fsp3) is 0.257. The highest BCUT2D eigenvalue weighted by Gasteiger charge is 2.35. The number of rotatable bonds is 13. The Kier molecular flexibility index (Phi) is 11.8. The molecule has 0 aliphatic rings. The van der Waals surface area contributed by atoms with Gasteiger partial charge in [0, 0.05) is 28.5 Å². The Morgan fingerprint density at radius 2 is 1.56 bits per heavy atom. The van der Waals surface area contributed by atoms with Crippen LogP contribution in [0.3, 0.4) is 0 Å². The lowest BCUT2D eigenvalue weighted by molar-refractivity contribution is -0.140. The summed E-state index contributed by atoms with van der Waals surface area (Å²) < 4.78 is 30.2. The molecule has 0 heterocycles. The second-order valence-electron chi connectivity index (χ2n) is 11.0. The molecule has 0 spiro atoms. The van der Waals surface area contributed by atoms with Crippen LogP contribution in [0.15, 0.2) is 112 Å². The van der Waals surface area contributed by atoms with Crippen molar-refractivity contribution in [1.29, 1.82) is 0 Å². The summed E-state index contributed by atoms with van der Waals surface area (Å²) in [5, 5.41) is 3.37. The summed E-state index contributed by atoms with van der Waals surface area (Å²) in [6, 6.07) is 28.7. The fourth-order valence-corrected chi connectivity index (χ4v) is 6.63. The Morgan fingerprint density at radius 1 is 0.889 bits per heavy atom. The van der Waals surface area contributed by atoms with Crippen molar-refractivity contribution in [3.63, 3.8) is 0 Å². The molecule has 0 saturated carbocycles. The van der Waals surface area contributed by atoms with Crippen LogP contribution in [-0.4, -0.2) is 43.8 Å². The van der Waals surface area contributed by atoms with Crippen LogP contribution in [0.25, 0.3) is 0 Å². The Balaban J connectivity index is 1.80. The molecular weight excluding hydrogens is 674 g/mol. The first-order valence-electron chi connectivity index (χ1n) is 14.7. The van der Waals surface area contributed by atoms with Gasteiger partial charge >= 0.3 is 0 Å². The maximum absolute atomic E-state index is 14.5. The molecular formula is C35H37BrClN3O4S. The van der Waals surface area contributed by atoms with Crippen LogP contribution >= 0.6 is 27.5 Å². The standard InChI is InChI=1S/C35H37BrClN3O4S/c1-4-26(3)38-35(42)33(21-27-9-6-5-7-10-27)39(23-28-15-17-29(36)18-16-28)34(41)24-40(31-12-8-11-30(37)22-31)45(43,44)32-19-13-25(2)14-20-32/h5-20,22,26,33H,4,21,23-24H2,1-3H3,(H,38,42)/t26-,33-/m0/s1. The molecule has 0 fully saturated rings. The first kappa shape index (κ1) is 34.2. The second kappa shape index (κ2) is 15.6. The van der Waals surface area contributed by atoms with E-state index < -0.39 is 28.5 Å². The number of halogens is 2. The summed E-state index contributed by atoms with van der Waals surface area (Å²) in [6.07, 6.45) is 0.953. The van der Waals surface area contributed by atoms with E-state index in [0.29, 0.717) is 11.4 Å². The Labute approximate surface area is 279 Å².